The van der Waals surface area contributed by atoms with E-state index in [1.807, 2.05) is 37.3 Å². The van der Waals surface area contributed by atoms with Crippen molar-refractivity contribution in [2.45, 2.75) is 13.0 Å². The van der Waals surface area contributed by atoms with Gasteiger partial charge in [-0.2, -0.15) is 0 Å². The molecule has 1 N–H and O–H groups in total. The highest BCUT2D eigenvalue weighted by Crippen LogP contribution is 2.26. The van der Waals surface area contributed by atoms with Crippen molar-refractivity contribution in [2.75, 3.05) is 7.11 Å². The van der Waals surface area contributed by atoms with Crippen molar-refractivity contribution in [1.29, 1.82) is 0 Å². The number of esters is 1. The van der Waals surface area contributed by atoms with E-state index < -0.39 is 17.9 Å². The number of aryl methyl sites for hydroxylation is 1. The summed E-state index contributed by atoms with van der Waals surface area (Å²) in [5.74, 6) is -0.803. The molecule has 0 fully saturated rings. The van der Waals surface area contributed by atoms with E-state index in [1.54, 1.807) is 30.3 Å². The van der Waals surface area contributed by atoms with E-state index in [-0.39, 0.29) is 11.8 Å². The third-order valence-corrected chi connectivity index (χ3v) is 4.50. The van der Waals surface area contributed by atoms with Crippen LogP contribution in [-0.4, -0.2) is 34.3 Å². The molecule has 2 heterocycles. The second-order valence-corrected chi connectivity index (χ2v) is 6.68. The smallest absolute Gasteiger partial charge is 0.338 e. The van der Waals surface area contributed by atoms with E-state index in [4.69, 9.17) is 13.7 Å². The summed E-state index contributed by atoms with van der Waals surface area (Å²) in [5.41, 5.74) is 2.51. The Bertz CT molecular complexity index is 1200. The zero-order valence-electron chi connectivity index (χ0n) is 16.7. The molecule has 9 nitrogen and oxygen atoms in total. The predicted molar refractivity (Wildman–Crippen MR) is 109 cm³/mol. The number of nitrogens with zero attached hydrogens (tertiary/aromatic N) is 3. The van der Waals surface area contributed by atoms with Gasteiger partial charge in [-0.15, -0.1) is 10.2 Å². The highest BCUT2D eigenvalue weighted by atomic mass is 16.5. The number of carbonyl (C=O) groups excluding carboxylic acids is 2. The van der Waals surface area contributed by atoms with Gasteiger partial charge in [0.2, 0.25) is 6.04 Å². The van der Waals surface area contributed by atoms with E-state index in [0.29, 0.717) is 17.0 Å². The monoisotopic (exact) mass is 418 g/mol. The molecule has 0 saturated heterocycles. The first-order valence-electron chi connectivity index (χ1n) is 9.36. The van der Waals surface area contributed by atoms with Gasteiger partial charge in [-0.3, -0.25) is 4.79 Å². The number of amides is 1. The van der Waals surface area contributed by atoms with Crippen molar-refractivity contribution in [3.8, 4) is 22.9 Å². The van der Waals surface area contributed by atoms with Crippen LogP contribution in [0.2, 0.25) is 0 Å². The van der Waals surface area contributed by atoms with Crippen molar-refractivity contribution in [3.05, 3.63) is 77.7 Å². The summed E-state index contributed by atoms with van der Waals surface area (Å²) in [5, 5.41) is 14.3. The van der Waals surface area contributed by atoms with Gasteiger partial charge >= 0.3 is 5.97 Å². The molecule has 0 bridgehead atoms. The molecular weight excluding hydrogens is 400 g/mol. The summed E-state index contributed by atoms with van der Waals surface area (Å²) in [6.07, 6.45) is 0. The van der Waals surface area contributed by atoms with Crippen LogP contribution < -0.4 is 5.32 Å². The van der Waals surface area contributed by atoms with Crippen molar-refractivity contribution in [3.63, 3.8) is 0 Å². The molecule has 31 heavy (non-hydrogen) atoms. The maximum atomic E-state index is 12.6. The lowest BCUT2D eigenvalue weighted by Crippen LogP contribution is -2.34. The molecule has 4 rings (SSSR count). The second kappa shape index (κ2) is 8.62. The third-order valence-electron chi connectivity index (χ3n) is 4.50. The minimum absolute atomic E-state index is 0.0411. The first kappa shape index (κ1) is 20.0. The molecule has 2 aromatic carbocycles. The average Bonchev–Trinajstić information content (AvgIpc) is 3.48. The first-order chi connectivity index (χ1) is 15.0. The Balaban J connectivity index is 1.57. The molecule has 9 heteroatoms. The maximum absolute atomic E-state index is 12.6. The topological polar surface area (TPSA) is 120 Å². The number of nitrogens with one attached hydrogen (secondary N) is 1. The van der Waals surface area contributed by atoms with E-state index in [0.717, 1.165) is 11.1 Å². The number of aromatic nitrogens is 3. The molecule has 0 aliphatic rings. The largest absolute Gasteiger partial charge is 0.467 e. The Morgan fingerprint density at radius 1 is 1.03 bits per heavy atom. The molecule has 156 valence electrons. The van der Waals surface area contributed by atoms with Crippen LogP contribution in [0, 0.1) is 6.92 Å². The molecule has 0 radical (unpaired) electrons. The lowest BCUT2D eigenvalue weighted by atomic mass is 10.1. The Hall–Kier alpha value is -4.27. The fourth-order valence-corrected chi connectivity index (χ4v) is 2.83. The highest BCUT2D eigenvalue weighted by Gasteiger charge is 2.30. The summed E-state index contributed by atoms with van der Waals surface area (Å²) in [7, 11) is 1.20. The van der Waals surface area contributed by atoms with Crippen LogP contribution >= 0.6 is 0 Å². The molecule has 0 aliphatic heterocycles. The van der Waals surface area contributed by atoms with Gasteiger partial charge in [0.15, 0.2) is 11.5 Å². The highest BCUT2D eigenvalue weighted by molar-refractivity contribution is 5.96. The minimum Gasteiger partial charge on any atom is -0.467 e. The molecule has 4 aromatic rings. The molecule has 0 spiro atoms. The molecular formula is C22H18N4O5. The number of methoxy groups -OCH3 is 1. The standard InChI is InChI=1S/C22H18N4O5/c1-13-8-10-15(11-9-13)19(27)23-18(22(28)29-2)21-25-24-20(30-21)16-12-17(31-26-16)14-6-4-3-5-7-14/h3-12,18H,1-2H3,(H,23,27). The van der Waals surface area contributed by atoms with Gasteiger partial charge in [-0.05, 0) is 19.1 Å². The van der Waals surface area contributed by atoms with E-state index in [9.17, 15) is 9.59 Å². The van der Waals surface area contributed by atoms with Crippen molar-refractivity contribution in [1.82, 2.24) is 20.7 Å². The average molecular weight is 418 g/mol. The zero-order valence-corrected chi connectivity index (χ0v) is 16.7. The molecule has 0 aliphatic carbocycles. The van der Waals surface area contributed by atoms with E-state index in [1.165, 1.54) is 7.11 Å². The third kappa shape index (κ3) is 4.35. The molecule has 1 atom stereocenters. The predicted octanol–water partition coefficient (Wildman–Crippen LogP) is 3.34. The molecule has 0 saturated carbocycles. The normalized spacial score (nSPS) is 11.7. The van der Waals surface area contributed by atoms with Crippen LogP contribution in [-0.2, 0) is 9.53 Å². The summed E-state index contributed by atoms with van der Waals surface area (Å²) in [6.45, 7) is 1.91. The van der Waals surface area contributed by atoms with E-state index in [2.05, 4.69) is 20.7 Å². The maximum Gasteiger partial charge on any atom is 0.338 e. The number of rotatable bonds is 6. The Morgan fingerprint density at radius 2 is 1.77 bits per heavy atom. The van der Waals surface area contributed by atoms with Gasteiger partial charge in [0.25, 0.3) is 17.7 Å². The quantitative estimate of drug-likeness (QED) is 0.473. The van der Waals surface area contributed by atoms with Crippen LogP contribution in [0.15, 0.2) is 69.6 Å². The summed E-state index contributed by atoms with van der Waals surface area (Å²) in [4.78, 5) is 24.8. The molecule has 1 unspecified atom stereocenters. The lowest BCUT2D eigenvalue weighted by molar-refractivity contribution is -0.143. The first-order valence-corrected chi connectivity index (χ1v) is 9.36. The van der Waals surface area contributed by atoms with Crippen molar-refractivity contribution >= 4 is 11.9 Å². The van der Waals surface area contributed by atoms with Crippen LogP contribution in [0.5, 0.6) is 0 Å². The minimum atomic E-state index is -1.28. The van der Waals surface area contributed by atoms with Crippen LogP contribution in [0.1, 0.15) is 27.9 Å². The van der Waals surface area contributed by atoms with E-state index >= 15 is 0 Å². The molecule has 2 aromatic heterocycles. The van der Waals surface area contributed by atoms with Gasteiger partial charge in [0.05, 0.1) is 7.11 Å². The van der Waals surface area contributed by atoms with Gasteiger partial charge in [-0.1, -0.05) is 53.2 Å². The number of benzene rings is 2. The summed E-state index contributed by atoms with van der Waals surface area (Å²) >= 11 is 0. The summed E-state index contributed by atoms with van der Waals surface area (Å²) in [6, 6.07) is 16.6. The second-order valence-electron chi connectivity index (χ2n) is 6.68. The lowest BCUT2D eigenvalue weighted by Gasteiger charge is -2.13. The Labute approximate surface area is 177 Å². The zero-order chi connectivity index (χ0) is 21.8. The number of ether oxygens (including phenoxy) is 1. The van der Waals surface area contributed by atoms with Gasteiger partial charge in [0.1, 0.15) is 0 Å². The van der Waals surface area contributed by atoms with Crippen molar-refractivity contribution < 1.29 is 23.3 Å². The van der Waals surface area contributed by atoms with Crippen LogP contribution in [0.4, 0.5) is 0 Å². The number of hydrogen-bond acceptors (Lipinski definition) is 8. The van der Waals surface area contributed by atoms with Gasteiger partial charge in [-0.25, -0.2) is 4.79 Å². The fraction of sp³-hybridized carbons (Fsp3) is 0.136. The van der Waals surface area contributed by atoms with Gasteiger partial charge < -0.3 is 19.0 Å². The van der Waals surface area contributed by atoms with Crippen LogP contribution in [0.25, 0.3) is 22.9 Å². The van der Waals surface area contributed by atoms with Crippen LogP contribution in [0.3, 0.4) is 0 Å². The molecule has 1 amide bonds. The fourth-order valence-electron chi connectivity index (χ4n) is 2.83. The SMILES string of the molecule is COC(=O)C(NC(=O)c1ccc(C)cc1)c1nnc(-c2cc(-c3ccccc3)on2)o1. The van der Waals surface area contributed by atoms with Crippen molar-refractivity contribution in [2.24, 2.45) is 0 Å². The van der Waals surface area contributed by atoms with Gasteiger partial charge in [0, 0.05) is 17.2 Å². The number of carbonyl (C=O) groups is 2. The number of hydrogen-bond donors (Lipinski definition) is 1. The summed E-state index contributed by atoms with van der Waals surface area (Å²) < 4.78 is 15.7. The Kier molecular flexibility index (Phi) is 5.57. The Morgan fingerprint density at radius 3 is 2.48 bits per heavy atom.